The van der Waals surface area contributed by atoms with Crippen LogP contribution in [0.2, 0.25) is 0 Å². The van der Waals surface area contributed by atoms with Gasteiger partial charge in [0.2, 0.25) is 0 Å². The van der Waals surface area contributed by atoms with Gasteiger partial charge in [0.1, 0.15) is 12.1 Å². The van der Waals surface area contributed by atoms with E-state index >= 15 is 0 Å². The number of halogens is 1. The van der Waals surface area contributed by atoms with Crippen LogP contribution in [0, 0.1) is 0 Å². The second-order valence-electron chi connectivity index (χ2n) is 4.65. The van der Waals surface area contributed by atoms with Crippen LogP contribution in [-0.2, 0) is 6.42 Å². The third kappa shape index (κ3) is 3.05. The molecule has 0 atom stereocenters. The van der Waals surface area contributed by atoms with Crippen molar-refractivity contribution in [2.75, 3.05) is 11.2 Å². The average Bonchev–Trinajstić information content (AvgIpc) is 2.86. The molecule has 0 fully saturated rings. The van der Waals surface area contributed by atoms with Gasteiger partial charge in [0.15, 0.2) is 5.65 Å². The zero-order valence-corrected chi connectivity index (χ0v) is 12.0. The lowest BCUT2D eigenvalue weighted by atomic mass is 10.1. The van der Waals surface area contributed by atoms with Crippen LogP contribution in [0.1, 0.15) is 12.0 Å². The summed E-state index contributed by atoms with van der Waals surface area (Å²) >= 11 is 5.72. The summed E-state index contributed by atoms with van der Waals surface area (Å²) in [7, 11) is 0. The predicted octanol–water partition coefficient (Wildman–Crippen LogP) is 2.33. The van der Waals surface area contributed by atoms with Crippen LogP contribution >= 0.6 is 11.6 Å². The number of anilines is 2. The van der Waals surface area contributed by atoms with E-state index in [0.717, 1.165) is 18.5 Å². The van der Waals surface area contributed by atoms with Crippen LogP contribution in [0.25, 0.3) is 5.65 Å². The molecule has 0 aliphatic rings. The van der Waals surface area contributed by atoms with Crippen LogP contribution in [0.15, 0.2) is 41.5 Å². The lowest BCUT2D eigenvalue weighted by Gasteiger charge is -2.07. The number of nitrogens with one attached hydrogen (secondary N) is 2. The van der Waals surface area contributed by atoms with Crippen molar-refractivity contribution in [2.24, 2.45) is 0 Å². The minimum Gasteiger partial charge on any atom is -0.340 e. The maximum atomic E-state index is 11.4. The van der Waals surface area contributed by atoms with E-state index in [1.807, 2.05) is 12.1 Å². The first-order valence-corrected chi connectivity index (χ1v) is 7.14. The third-order valence-electron chi connectivity index (χ3n) is 3.11. The van der Waals surface area contributed by atoms with Crippen molar-refractivity contribution >= 4 is 28.8 Å². The van der Waals surface area contributed by atoms with E-state index in [9.17, 15) is 4.79 Å². The number of H-pyrrole nitrogens is 1. The molecular formula is C14H14ClN5O. The molecule has 0 radical (unpaired) electrons. The van der Waals surface area contributed by atoms with Gasteiger partial charge < -0.3 is 5.32 Å². The van der Waals surface area contributed by atoms with Gasteiger partial charge in [-0.05, 0) is 30.5 Å². The molecule has 0 saturated carbocycles. The molecule has 0 aliphatic carbocycles. The fraction of sp³-hybridized carbons (Fsp3) is 0.214. The summed E-state index contributed by atoms with van der Waals surface area (Å²) in [5.41, 5.74) is 2.39. The molecule has 0 aliphatic heterocycles. The van der Waals surface area contributed by atoms with Gasteiger partial charge in [0.05, 0.1) is 0 Å². The molecule has 0 saturated heterocycles. The van der Waals surface area contributed by atoms with Gasteiger partial charge in [-0.2, -0.15) is 5.10 Å². The van der Waals surface area contributed by atoms with Gasteiger partial charge in [0.25, 0.3) is 0 Å². The molecule has 3 rings (SSSR count). The summed E-state index contributed by atoms with van der Waals surface area (Å²) in [4.78, 5) is 15.6. The molecule has 2 heterocycles. The normalized spacial score (nSPS) is 10.9. The van der Waals surface area contributed by atoms with Gasteiger partial charge in [-0.15, -0.1) is 11.6 Å². The molecule has 2 N–H and O–H groups in total. The van der Waals surface area contributed by atoms with Crippen molar-refractivity contribution in [2.45, 2.75) is 12.8 Å². The van der Waals surface area contributed by atoms with Crippen molar-refractivity contribution in [1.82, 2.24) is 19.6 Å². The second-order valence-corrected chi connectivity index (χ2v) is 5.03. The molecule has 0 unspecified atom stereocenters. The minimum absolute atomic E-state index is 0.299. The minimum atomic E-state index is -0.299. The Balaban J connectivity index is 1.82. The first-order valence-electron chi connectivity index (χ1n) is 6.61. The Morgan fingerprint density at radius 2 is 2.24 bits per heavy atom. The van der Waals surface area contributed by atoms with Gasteiger partial charge >= 0.3 is 5.69 Å². The zero-order chi connectivity index (χ0) is 14.7. The molecular weight excluding hydrogens is 290 g/mol. The summed E-state index contributed by atoms with van der Waals surface area (Å²) < 4.78 is 1.35. The first-order chi connectivity index (χ1) is 10.3. The van der Waals surface area contributed by atoms with Crippen molar-refractivity contribution in [3.8, 4) is 0 Å². The quantitative estimate of drug-likeness (QED) is 0.709. The Hall–Kier alpha value is -2.34. The van der Waals surface area contributed by atoms with Gasteiger partial charge in [-0.1, -0.05) is 12.1 Å². The Kier molecular flexibility index (Phi) is 3.87. The van der Waals surface area contributed by atoms with Crippen LogP contribution < -0.4 is 11.0 Å². The van der Waals surface area contributed by atoms with Crippen LogP contribution in [0.3, 0.4) is 0 Å². The largest absolute Gasteiger partial charge is 0.348 e. The number of hydrogen-bond acceptors (Lipinski definition) is 4. The average molecular weight is 304 g/mol. The van der Waals surface area contributed by atoms with Gasteiger partial charge in [-0.3, -0.25) is 0 Å². The number of hydrogen-bond donors (Lipinski definition) is 2. The third-order valence-corrected chi connectivity index (χ3v) is 3.38. The fourth-order valence-corrected chi connectivity index (χ4v) is 2.24. The highest BCUT2D eigenvalue weighted by Crippen LogP contribution is 2.17. The number of fused-ring (bicyclic) bond motifs is 1. The van der Waals surface area contributed by atoms with Crippen molar-refractivity contribution in [3.05, 3.63) is 52.7 Å². The number of aryl methyl sites for hydroxylation is 1. The molecule has 1 aromatic carbocycles. The Labute approximate surface area is 125 Å². The SMILES string of the molecule is O=c1[nH]nc2cc(Nc3cccc(CCCCl)c3)ncn12. The molecule has 21 heavy (non-hydrogen) atoms. The number of aromatic amines is 1. The van der Waals surface area contributed by atoms with E-state index in [4.69, 9.17) is 11.6 Å². The highest BCUT2D eigenvalue weighted by molar-refractivity contribution is 6.17. The molecule has 108 valence electrons. The number of benzene rings is 1. The molecule has 0 bridgehead atoms. The van der Waals surface area contributed by atoms with Crippen LogP contribution in [-0.4, -0.2) is 25.5 Å². The number of rotatable bonds is 5. The first kappa shape index (κ1) is 13.6. The summed E-state index contributed by atoms with van der Waals surface area (Å²) in [5, 5.41) is 9.50. The topological polar surface area (TPSA) is 75.1 Å². The lowest BCUT2D eigenvalue weighted by Crippen LogP contribution is -2.09. The Bertz CT molecular complexity index is 810. The lowest BCUT2D eigenvalue weighted by molar-refractivity contribution is 0.929. The van der Waals surface area contributed by atoms with E-state index in [1.165, 1.54) is 16.3 Å². The monoisotopic (exact) mass is 303 g/mol. The molecule has 2 aromatic heterocycles. The predicted molar refractivity (Wildman–Crippen MR) is 82.4 cm³/mol. The second kappa shape index (κ2) is 5.97. The Morgan fingerprint density at radius 3 is 3.10 bits per heavy atom. The van der Waals surface area contributed by atoms with Gasteiger partial charge in [0, 0.05) is 17.6 Å². The number of alkyl halides is 1. The molecule has 3 aromatic rings. The maximum Gasteiger partial charge on any atom is 0.348 e. The summed E-state index contributed by atoms with van der Waals surface area (Å²) in [6.45, 7) is 0. The van der Waals surface area contributed by atoms with Crippen molar-refractivity contribution in [3.63, 3.8) is 0 Å². The van der Waals surface area contributed by atoms with E-state index in [-0.39, 0.29) is 5.69 Å². The summed E-state index contributed by atoms with van der Waals surface area (Å²) in [6.07, 6.45) is 3.34. The zero-order valence-electron chi connectivity index (χ0n) is 11.2. The highest BCUT2D eigenvalue weighted by Gasteiger charge is 2.03. The Morgan fingerprint density at radius 1 is 1.33 bits per heavy atom. The van der Waals surface area contributed by atoms with Crippen LogP contribution in [0.4, 0.5) is 11.5 Å². The van der Waals surface area contributed by atoms with E-state index in [2.05, 4.69) is 32.6 Å². The number of nitrogens with zero attached hydrogens (tertiary/aromatic N) is 3. The smallest absolute Gasteiger partial charge is 0.340 e. The van der Waals surface area contributed by atoms with E-state index in [1.54, 1.807) is 6.07 Å². The molecule has 6 nitrogen and oxygen atoms in total. The molecule has 7 heteroatoms. The fourth-order valence-electron chi connectivity index (χ4n) is 2.10. The van der Waals surface area contributed by atoms with Crippen molar-refractivity contribution in [1.29, 1.82) is 0 Å². The van der Waals surface area contributed by atoms with E-state index < -0.39 is 0 Å². The highest BCUT2D eigenvalue weighted by atomic mass is 35.5. The number of aromatic nitrogens is 4. The standard InChI is InChI=1S/C14H14ClN5O/c15-6-2-4-10-3-1-5-11(7-10)17-12-8-13-18-19-14(21)20(13)9-16-12/h1,3,5,7-9,17H,2,4,6H2,(H,19,21). The van der Waals surface area contributed by atoms with E-state index in [0.29, 0.717) is 17.3 Å². The summed E-state index contributed by atoms with van der Waals surface area (Å²) in [5.74, 6) is 1.29. The maximum absolute atomic E-state index is 11.4. The molecule has 0 amide bonds. The summed E-state index contributed by atoms with van der Waals surface area (Å²) in [6, 6.07) is 9.80. The van der Waals surface area contributed by atoms with Gasteiger partial charge in [-0.25, -0.2) is 19.3 Å². The van der Waals surface area contributed by atoms with Crippen LogP contribution in [0.5, 0.6) is 0 Å². The molecule has 0 spiro atoms. The van der Waals surface area contributed by atoms with Crippen molar-refractivity contribution < 1.29 is 0 Å².